The lowest BCUT2D eigenvalue weighted by atomic mass is 10.2. The predicted octanol–water partition coefficient (Wildman–Crippen LogP) is 1.28. The molecule has 0 saturated heterocycles. The third-order valence-corrected chi connectivity index (χ3v) is 1.36. The lowest BCUT2D eigenvalue weighted by molar-refractivity contribution is -0.140. The van der Waals surface area contributed by atoms with Gasteiger partial charge in [-0.2, -0.15) is 0 Å². The van der Waals surface area contributed by atoms with E-state index in [0.29, 0.717) is 0 Å². The third kappa shape index (κ3) is 7.78. The number of carbonyl (C=O) groups is 2. The molecule has 0 bridgehead atoms. The maximum atomic E-state index is 11.2. The van der Waals surface area contributed by atoms with Crippen LogP contribution in [0.25, 0.3) is 0 Å². The molecule has 0 aliphatic rings. The standard InChI is InChI=1S/C10H18NO4/c1-7(6-8(12)14-5)11-9(13)15-10(2,3)4/h7H,1,6H2,2-5H3,(H,11,13)/t7-/m0/s1. The number of esters is 1. The molecule has 5 heteroatoms. The van der Waals surface area contributed by atoms with Gasteiger partial charge in [-0.25, -0.2) is 4.79 Å². The van der Waals surface area contributed by atoms with E-state index in [9.17, 15) is 9.59 Å². The Hall–Kier alpha value is -1.26. The largest absolute Gasteiger partial charge is 0.469 e. The summed E-state index contributed by atoms with van der Waals surface area (Å²) >= 11 is 0. The van der Waals surface area contributed by atoms with Gasteiger partial charge < -0.3 is 14.8 Å². The summed E-state index contributed by atoms with van der Waals surface area (Å²) in [5, 5.41) is 2.43. The van der Waals surface area contributed by atoms with E-state index < -0.39 is 23.7 Å². The highest BCUT2D eigenvalue weighted by Gasteiger charge is 2.18. The molecule has 15 heavy (non-hydrogen) atoms. The number of hydrogen-bond acceptors (Lipinski definition) is 4. The first-order valence-electron chi connectivity index (χ1n) is 4.64. The molecular weight excluding hydrogens is 198 g/mol. The van der Waals surface area contributed by atoms with Crippen molar-refractivity contribution >= 4 is 12.1 Å². The van der Waals surface area contributed by atoms with Gasteiger partial charge in [0.2, 0.25) is 0 Å². The van der Waals surface area contributed by atoms with E-state index in [1.54, 1.807) is 20.8 Å². The molecule has 0 aliphatic carbocycles. The molecule has 0 aromatic carbocycles. The Morgan fingerprint density at radius 1 is 1.40 bits per heavy atom. The van der Waals surface area contributed by atoms with Gasteiger partial charge in [-0.05, 0) is 27.7 Å². The third-order valence-electron chi connectivity index (χ3n) is 1.36. The summed E-state index contributed by atoms with van der Waals surface area (Å²) in [6.07, 6.45) is -0.568. The van der Waals surface area contributed by atoms with Gasteiger partial charge in [0, 0.05) is 6.04 Å². The minimum atomic E-state index is -0.591. The van der Waals surface area contributed by atoms with Crippen LogP contribution in [0.15, 0.2) is 0 Å². The maximum Gasteiger partial charge on any atom is 0.407 e. The first kappa shape index (κ1) is 13.7. The Kier molecular flexibility index (Phi) is 5.11. The topological polar surface area (TPSA) is 64.6 Å². The van der Waals surface area contributed by atoms with Gasteiger partial charge in [-0.15, -0.1) is 0 Å². The molecule has 1 N–H and O–H groups in total. The van der Waals surface area contributed by atoms with Gasteiger partial charge in [0.1, 0.15) is 5.60 Å². The fraction of sp³-hybridized carbons (Fsp3) is 0.700. The minimum Gasteiger partial charge on any atom is -0.469 e. The molecule has 0 unspecified atom stereocenters. The molecular formula is C10H18NO4. The molecule has 5 nitrogen and oxygen atoms in total. The lowest BCUT2D eigenvalue weighted by Gasteiger charge is -2.21. The van der Waals surface area contributed by atoms with E-state index in [2.05, 4.69) is 17.0 Å². The van der Waals surface area contributed by atoms with Gasteiger partial charge >= 0.3 is 12.1 Å². The molecule has 0 fully saturated rings. The summed E-state index contributed by atoms with van der Waals surface area (Å²) < 4.78 is 9.41. The summed E-state index contributed by atoms with van der Waals surface area (Å²) in [5.74, 6) is -0.425. The van der Waals surface area contributed by atoms with Crippen molar-refractivity contribution in [2.24, 2.45) is 0 Å². The molecule has 0 heterocycles. The number of carbonyl (C=O) groups excluding carboxylic acids is 2. The SMILES string of the molecule is [CH2][C@@H](CC(=O)OC)NC(=O)OC(C)(C)C. The maximum absolute atomic E-state index is 11.2. The van der Waals surface area contributed by atoms with E-state index in [0.717, 1.165) is 0 Å². The van der Waals surface area contributed by atoms with Gasteiger partial charge in [0.05, 0.1) is 13.5 Å². The average Bonchev–Trinajstić information content (AvgIpc) is 1.99. The molecule has 1 radical (unpaired) electrons. The molecule has 87 valence electrons. The van der Waals surface area contributed by atoms with E-state index in [4.69, 9.17) is 4.74 Å². The molecule has 0 aromatic rings. The zero-order valence-corrected chi connectivity index (χ0v) is 9.62. The van der Waals surface area contributed by atoms with Crippen LogP contribution in [0.2, 0.25) is 0 Å². The molecule has 1 atom stereocenters. The number of methoxy groups -OCH3 is 1. The second-order valence-electron chi connectivity index (χ2n) is 4.12. The highest BCUT2D eigenvalue weighted by atomic mass is 16.6. The van der Waals surface area contributed by atoms with Gasteiger partial charge in [-0.1, -0.05) is 0 Å². The Morgan fingerprint density at radius 2 is 1.93 bits per heavy atom. The molecule has 0 spiro atoms. The zero-order chi connectivity index (χ0) is 12.1. The van der Waals surface area contributed by atoms with E-state index in [1.165, 1.54) is 7.11 Å². The predicted molar refractivity (Wildman–Crippen MR) is 55.1 cm³/mol. The van der Waals surface area contributed by atoms with Crippen LogP contribution in [0, 0.1) is 6.92 Å². The molecule has 0 saturated carbocycles. The lowest BCUT2D eigenvalue weighted by Crippen LogP contribution is -2.38. The van der Waals surface area contributed by atoms with Gasteiger partial charge in [0.25, 0.3) is 0 Å². The Labute approximate surface area is 90.1 Å². The summed E-state index contributed by atoms with van der Waals surface area (Å²) in [4.78, 5) is 22.0. The Bertz CT molecular complexity index is 232. The van der Waals surface area contributed by atoms with Crippen LogP contribution in [0.4, 0.5) is 4.79 Å². The van der Waals surface area contributed by atoms with Crippen LogP contribution in [0.1, 0.15) is 27.2 Å². The second kappa shape index (κ2) is 5.58. The van der Waals surface area contributed by atoms with Crippen molar-refractivity contribution in [3.63, 3.8) is 0 Å². The van der Waals surface area contributed by atoms with Gasteiger partial charge in [-0.3, -0.25) is 4.79 Å². The van der Waals surface area contributed by atoms with Crippen molar-refractivity contribution < 1.29 is 19.1 Å². The molecule has 0 aliphatic heterocycles. The number of hydrogen-bond donors (Lipinski definition) is 1. The summed E-state index contributed by atoms with van der Waals surface area (Å²) in [6, 6.07) is -0.549. The van der Waals surface area contributed by atoms with E-state index in [1.807, 2.05) is 0 Å². The van der Waals surface area contributed by atoms with Crippen molar-refractivity contribution in [3.8, 4) is 0 Å². The summed E-state index contributed by atoms with van der Waals surface area (Å²) in [7, 11) is 1.28. The van der Waals surface area contributed by atoms with Crippen LogP contribution in [0.3, 0.4) is 0 Å². The highest BCUT2D eigenvalue weighted by Crippen LogP contribution is 2.07. The van der Waals surface area contributed by atoms with Crippen LogP contribution in [-0.4, -0.2) is 30.8 Å². The Balaban J connectivity index is 3.92. The van der Waals surface area contributed by atoms with Crippen LogP contribution >= 0.6 is 0 Å². The number of ether oxygens (including phenoxy) is 2. The quantitative estimate of drug-likeness (QED) is 0.722. The smallest absolute Gasteiger partial charge is 0.407 e. The van der Waals surface area contributed by atoms with Crippen molar-refractivity contribution in [2.75, 3.05) is 7.11 Å². The van der Waals surface area contributed by atoms with Crippen LogP contribution in [-0.2, 0) is 14.3 Å². The number of amides is 1. The van der Waals surface area contributed by atoms with Crippen LogP contribution < -0.4 is 5.32 Å². The zero-order valence-electron chi connectivity index (χ0n) is 9.62. The van der Waals surface area contributed by atoms with Gasteiger partial charge in [0.15, 0.2) is 0 Å². The summed E-state index contributed by atoms with van der Waals surface area (Å²) in [6.45, 7) is 8.85. The second-order valence-corrected chi connectivity index (χ2v) is 4.12. The van der Waals surface area contributed by atoms with E-state index >= 15 is 0 Å². The fourth-order valence-corrected chi connectivity index (χ4v) is 0.810. The highest BCUT2D eigenvalue weighted by molar-refractivity contribution is 5.72. The van der Waals surface area contributed by atoms with Crippen LogP contribution in [0.5, 0.6) is 0 Å². The molecule has 1 amide bonds. The number of nitrogens with one attached hydrogen (secondary N) is 1. The normalized spacial score (nSPS) is 12.9. The fourth-order valence-electron chi connectivity index (χ4n) is 0.810. The minimum absolute atomic E-state index is 0.0236. The average molecular weight is 216 g/mol. The molecule has 0 aromatic heterocycles. The van der Waals surface area contributed by atoms with Crippen molar-refractivity contribution in [3.05, 3.63) is 6.92 Å². The van der Waals surface area contributed by atoms with Crippen molar-refractivity contribution in [1.82, 2.24) is 5.32 Å². The number of alkyl carbamates (subject to hydrolysis) is 1. The van der Waals surface area contributed by atoms with E-state index in [-0.39, 0.29) is 6.42 Å². The first-order valence-corrected chi connectivity index (χ1v) is 4.64. The molecule has 0 rings (SSSR count). The number of rotatable bonds is 3. The van der Waals surface area contributed by atoms with Crippen molar-refractivity contribution in [1.29, 1.82) is 0 Å². The first-order chi connectivity index (χ1) is 6.74. The monoisotopic (exact) mass is 216 g/mol. The van der Waals surface area contributed by atoms with Crippen molar-refractivity contribution in [2.45, 2.75) is 38.8 Å². The Morgan fingerprint density at radius 3 is 2.33 bits per heavy atom. The summed E-state index contributed by atoms with van der Waals surface area (Å²) in [5.41, 5.74) is -0.560.